The first-order valence-corrected chi connectivity index (χ1v) is 12.2. The molecule has 1 N–H and O–H groups in total. The Kier molecular flexibility index (Phi) is 6.47. The third-order valence-electron chi connectivity index (χ3n) is 7.52. The average molecular weight is 448 g/mol. The van der Waals surface area contributed by atoms with Crippen molar-refractivity contribution in [1.82, 2.24) is 15.1 Å². The summed E-state index contributed by atoms with van der Waals surface area (Å²) in [5.41, 5.74) is 4.74. The van der Waals surface area contributed by atoms with E-state index in [9.17, 15) is 9.59 Å². The lowest BCUT2D eigenvalue weighted by molar-refractivity contribution is 0.0646. The largest absolute Gasteiger partial charge is 0.383 e. The zero-order valence-electron chi connectivity index (χ0n) is 19.4. The first kappa shape index (κ1) is 22.1. The number of rotatable bonds is 7. The van der Waals surface area contributed by atoms with Crippen molar-refractivity contribution in [2.75, 3.05) is 39.9 Å². The Bertz CT molecular complexity index is 1020. The number of carbonyl (C=O) groups excluding carboxylic acids is 2. The zero-order chi connectivity index (χ0) is 22.8. The molecule has 2 aliphatic heterocycles. The smallest absolute Gasteiger partial charge is 0.254 e. The van der Waals surface area contributed by atoms with Gasteiger partial charge in [-0.25, -0.2) is 0 Å². The van der Waals surface area contributed by atoms with Gasteiger partial charge in [0.05, 0.1) is 6.61 Å². The van der Waals surface area contributed by atoms with E-state index in [0.29, 0.717) is 24.8 Å². The summed E-state index contributed by atoms with van der Waals surface area (Å²) >= 11 is 0. The average Bonchev–Trinajstić information content (AvgIpc) is 3.27. The number of hydrogen-bond donors (Lipinski definition) is 1. The molecule has 1 saturated heterocycles. The molecule has 1 atom stereocenters. The van der Waals surface area contributed by atoms with Crippen molar-refractivity contribution in [2.45, 2.75) is 44.2 Å². The summed E-state index contributed by atoms with van der Waals surface area (Å²) < 4.78 is 4.97. The van der Waals surface area contributed by atoms with Gasteiger partial charge in [0.1, 0.15) is 0 Å². The van der Waals surface area contributed by atoms with Crippen LogP contribution in [-0.2, 0) is 11.2 Å². The van der Waals surface area contributed by atoms with Crippen LogP contribution in [0.15, 0.2) is 42.5 Å². The fourth-order valence-electron chi connectivity index (χ4n) is 5.32. The minimum atomic E-state index is -0.0995. The number of likely N-dealkylation sites (tertiary alicyclic amines) is 1. The summed E-state index contributed by atoms with van der Waals surface area (Å²) in [6, 6.07) is 14.9. The SMILES string of the molecule is COCCNC(=O)c1ccc(-c2ccc3c(c2)CCN([C@H]2CCN(C4CCC4)C2)C3=O)cc1. The van der Waals surface area contributed by atoms with Crippen LogP contribution >= 0.6 is 0 Å². The third kappa shape index (κ3) is 4.55. The Hall–Kier alpha value is -2.70. The van der Waals surface area contributed by atoms with Crippen LogP contribution in [0.3, 0.4) is 0 Å². The molecule has 0 aromatic heterocycles. The van der Waals surface area contributed by atoms with Gasteiger partial charge in [-0.3, -0.25) is 14.5 Å². The van der Waals surface area contributed by atoms with Crippen molar-refractivity contribution in [3.63, 3.8) is 0 Å². The lowest BCUT2D eigenvalue weighted by Gasteiger charge is -2.37. The monoisotopic (exact) mass is 447 g/mol. The minimum Gasteiger partial charge on any atom is -0.383 e. The standard InChI is InChI=1S/C27H33N3O3/c1-33-16-13-28-26(31)20-7-5-19(6-8-20)21-9-10-25-22(17-21)11-15-30(27(25)32)24-12-14-29(18-24)23-3-2-4-23/h5-10,17,23-24H,2-4,11-16,18H2,1H3,(H,28,31)/t24-/m0/s1. The molecule has 1 aliphatic carbocycles. The van der Waals surface area contributed by atoms with Gasteiger partial charge < -0.3 is 15.0 Å². The first-order valence-electron chi connectivity index (χ1n) is 12.2. The molecular weight excluding hydrogens is 414 g/mol. The van der Waals surface area contributed by atoms with Crippen LogP contribution in [0.4, 0.5) is 0 Å². The number of ether oxygens (including phenoxy) is 1. The van der Waals surface area contributed by atoms with E-state index in [1.807, 2.05) is 36.4 Å². The van der Waals surface area contributed by atoms with E-state index in [-0.39, 0.29) is 11.8 Å². The third-order valence-corrected chi connectivity index (χ3v) is 7.52. The maximum Gasteiger partial charge on any atom is 0.254 e. The fourth-order valence-corrected chi connectivity index (χ4v) is 5.32. The number of benzene rings is 2. The van der Waals surface area contributed by atoms with E-state index in [4.69, 9.17) is 4.74 Å². The van der Waals surface area contributed by atoms with E-state index in [0.717, 1.165) is 60.8 Å². The molecule has 2 amide bonds. The molecule has 174 valence electrons. The number of hydrogen-bond acceptors (Lipinski definition) is 4. The van der Waals surface area contributed by atoms with Crippen molar-refractivity contribution in [2.24, 2.45) is 0 Å². The van der Waals surface area contributed by atoms with Crippen molar-refractivity contribution >= 4 is 11.8 Å². The molecule has 2 fully saturated rings. The van der Waals surface area contributed by atoms with E-state index < -0.39 is 0 Å². The van der Waals surface area contributed by atoms with Crippen molar-refractivity contribution in [3.8, 4) is 11.1 Å². The molecule has 33 heavy (non-hydrogen) atoms. The van der Waals surface area contributed by atoms with Crippen molar-refractivity contribution in [3.05, 3.63) is 59.2 Å². The van der Waals surface area contributed by atoms with Crippen LogP contribution in [0.1, 0.15) is 52.0 Å². The number of methoxy groups -OCH3 is 1. The Morgan fingerprint density at radius 1 is 1.03 bits per heavy atom. The lowest BCUT2D eigenvalue weighted by Crippen LogP contribution is -2.47. The highest BCUT2D eigenvalue weighted by Gasteiger charge is 2.37. The van der Waals surface area contributed by atoms with E-state index in [2.05, 4.69) is 21.2 Å². The zero-order valence-corrected chi connectivity index (χ0v) is 19.4. The van der Waals surface area contributed by atoms with Gasteiger partial charge in [-0.2, -0.15) is 0 Å². The van der Waals surface area contributed by atoms with E-state index in [1.54, 1.807) is 7.11 Å². The van der Waals surface area contributed by atoms with Gasteiger partial charge in [0, 0.05) is 56.5 Å². The molecule has 6 nitrogen and oxygen atoms in total. The second-order valence-electron chi connectivity index (χ2n) is 9.47. The minimum absolute atomic E-state index is 0.0995. The molecule has 0 radical (unpaired) electrons. The Labute approximate surface area is 195 Å². The van der Waals surface area contributed by atoms with Crippen LogP contribution in [0.25, 0.3) is 11.1 Å². The van der Waals surface area contributed by atoms with Gasteiger partial charge in [-0.1, -0.05) is 30.7 Å². The van der Waals surface area contributed by atoms with Gasteiger partial charge in [0.25, 0.3) is 11.8 Å². The number of carbonyl (C=O) groups is 2. The molecule has 6 heteroatoms. The molecule has 0 bridgehead atoms. The van der Waals surface area contributed by atoms with Gasteiger partial charge in [0.15, 0.2) is 0 Å². The Morgan fingerprint density at radius 3 is 2.55 bits per heavy atom. The summed E-state index contributed by atoms with van der Waals surface area (Å²) in [6.45, 7) is 3.96. The molecular formula is C27H33N3O3. The highest BCUT2D eigenvalue weighted by Crippen LogP contribution is 2.32. The first-order chi connectivity index (χ1) is 16.1. The maximum atomic E-state index is 13.3. The van der Waals surface area contributed by atoms with Crippen molar-refractivity contribution in [1.29, 1.82) is 0 Å². The molecule has 2 heterocycles. The van der Waals surface area contributed by atoms with Crippen LogP contribution in [0.5, 0.6) is 0 Å². The lowest BCUT2D eigenvalue weighted by atomic mass is 9.92. The summed E-state index contributed by atoms with van der Waals surface area (Å²) in [7, 11) is 1.61. The van der Waals surface area contributed by atoms with Gasteiger partial charge in [-0.15, -0.1) is 0 Å². The predicted octanol–water partition coefficient (Wildman–Crippen LogP) is 3.35. The molecule has 0 spiro atoms. The summed E-state index contributed by atoms with van der Waals surface area (Å²) in [6.07, 6.45) is 6.00. The van der Waals surface area contributed by atoms with E-state index >= 15 is 0 Å². The normalized spacial score (nSPS) is 21.1. The van der Waals surface area contributed by atoms with Crippen LogP contribution in [0, 0.1) is 0 Å². The van der Waals surface area contributed by atoms with Crippen molar-refractivity contribution < 1.29 is 14.3 Å². The number of fused-ring (bicyclic) bond motifs is 1. The predicted molar refractivity (Wildman–Crippen MR) is 128 cm³/mol. The molecule has 2 aromatic carbocycles. The quantitative estimate of drug-likeness (QED) is 0.662. The second-order valence-corrected chi connectivity index (χ2v) is 9.47. The topological polar surface area (TPSA) is 61.9 Å². The van der Waals surface area contributed by atoms with Crippen LogP contribution in [0.2, 0.25) is 0 Å². The highest BCUT2D eigenvalue weighted by molar-refractivity contribution is 5.98. The number of nitrogens with zero attached hydrogens (tertiary/aromatic N) is 2. The van der Waals surface area contributed by atoms with E-state index in [1.165, 1.54) is 19.3 Å². The van der Waals surface area contributed by atoms with Gasteiger partial charge in [-0.05, 0) is 60.6 Å². The number of amides is 2. The van der Waals surface area contributed by atoms with Gasteiger partial charge >= 0.3 is 0 Å². The summed E-state index contributed by atoms with van der Waals surface area (Å²) in [5.74, 6) is 0.0869. The molecule has 3 aliphatic rings. The van der Waals surface area contributed by atoms with Crippen LogP contribution in [-0.4, -0.2) is 73.6 Å². The maximum absolute atomic E-state index is 13.3. The summed E-state index contributed by atoms with van der Waals surface area (Å²) in [4.78, 5) is 30.2. The molecule has 0 unspecified atom stereocenters. The molecule has 5 rings (SSSR count). The highest BCUT2D eigenvalue weighted by atomic mass is 16.5. The number of nitrogens with one attached hydrogen (secondary N) is 1. The van der Waals surface area contributed by atoms with Crippen LogP contribution < -0.4 is 5.32 Å². The van der Waals surface area contributed by atoms with Gasteiger partial charge in [0.2, 0.25) is 0 Å². The second kappa shape index (κ2) is 9.65. The fraction of sp³-hybridized carbons (Fsp3) is 0.481. The Balaban J connectivity index is 1.25. The molecule has 1 saturated carbocycles. The Morgan fingerprint density at radius 2 is 1.82 bits per heavy atom. The summed E-state index contributed by atoms with van der Waals surface area (Å²) in [5, 5.41) is 2.84. The molecule has 2 aromatic rings.